The van der Waals surface area contributed by atoms with E-state index in [9.17, 15) is 13.2 Å². The molecule has 3 nitrogen and oxygen atoms in total. The van der Waals surface area contributed by atoms with Crippen LogP contribution in [-0.2, 0) is 17.6 Å². The first-order valence-electron chi connectivity index (χ1n) is 5.23. The molecule has 0 aliphatic heterocycles. The van der Waals surface area contributed by atoms with Gasteiger partial charge in [0, 0.05) is 24.8 Å². The Balaban J connectivity index is 2.21. The van der Waals surface area contributed by atoms with Gasteiger partial charge in [-0.05, 0) is 7.05 Å². The molecule has 17 heavy (non-hydrogen) atoms. The minimum absolute atomic E-state index is 0.0541. The lowest BCUT2D eigenvalue weighted by Crippen LogP contribution is -2.17. The molecule has 7 heteroatoms. The smallest absolute Gasteiger partial charge is 0.372 e. The summed E-state index contributed by atoms with van der Waals surface area (Å²) in [6.07, 6.45) is -2.99. The number of halogens is 3. The zero-order valence-electron chi connectivity index (χ0n) is 9.51. The molecule has 0 spiro atoms. The Morgan fingerprint density at radius 2 is 2.18 bits per heavy atom. The maximum Gasteiger partial charge on any atom is 0.411 e. The number of hydrogen-bond acceptors (Lipinski definition) is 4. The molecule has 0 saturated heterocycles. The maximum absolute atomic E-state index is 11.8. The molecule has 1 heterocycles. The van der Waals surface area contributed by atoms with Crippen LogP contribution in [0.25, 0.3) is 0 Å². The fourth-order valence-corrected chi connectivity index (χ4v) is 1.99. The van der Waals surface area contributed by atoms with Crippen LogP contribution in [0, 0.1) is 0 Å². The molecule has 1 aromatic heterocycles. The Kier molecular flexibility index (Phi) is 5.87. The van der Waals surface area contributed by atoms with Crippen molar-refractivity contribution in [1.29, 1.82) is 0 Å². The lowest BCUT2D eigenvalue weighted by Gasteiger charge is -2.06. The van der Waals surface area contributed by atoms with Gasteiger partial charge in [0.1, 0.15) is 6.61 Å². The van der Waals surface area contributed by atoms with E-state index in [4.69, 9.17) is 0 Å². The normalized spacial score (nSPS) is 12.0. The van der Waals surface area contributed by atoms with E-state index < -0.39 is 12.8 Å². The van der Waals surface area contributed by atoms with E-state index in [2.05, 4.69) is 15.0 Å². The van der Waals surface area contributed by atoms with Crippen molar-refractivity contribution in [2.24, 2.45) is 0 Å². The van der Waals surface area contributed by atoms with E-state index in [0.29, 0.717) is 6.42 Å². The first-order chi connectivity index (χ1) is 8.01. The molecule has 1 aromatic rings. The highest BCUT2D eigenvalue weighted by molar-refractivity contribution is 7.09. The number of likely N-dealkylation sites (N-methyl/N-ethyl adjacent to an activating group) is 1. The van der Waals surface area contributed by atoms with E-state index in [1.54, 1.807) is 0 Å². The van der Waals surface area contributed by atoms with Crippen LogP contribution in [0.1, 0.15) is 10.7 Å². The van der Waals surface area contributed by atoms with Gasteiger partial charge >= 0.3 is 6.18 Å². The fourth-order valence-electron chi connectivity index (χ4n) is 1.18. The van der Waals surface area contributed by atoms with Gasteiger partial charge in [-0.15, -0.1) is 11.3 Å². The van der Waals surface area contributed by atoms with Crippen molar-refractivity contribution in [1.82, 2.24) is 10.3 Å². The predicted octanol–water partition coefficient (Wildman–Crippen LogP) is 2.03. The summed E-state index contributed by atoms with van der Waals surface area (Å²) in [4.78, 5) is 4.30. The monoisotopic (exact) mass is 268 g/mol. The van der Waals surface area contributed by atoms with E-state index >= 15 is 0 Å². The summed E-state index contributed by atoms with van der Waals surface area (Å²) >= 11 is 1.46. The van der Waals surface area contributed by atoms with E-state index in [0.717, 1.165) is 23.7 Å². The van der Waals surface area contributed by atoms with Crippen LogP contribution in [0.2, 0.25) is 0 Å². The van der Waals surface area contributed by atoms with Crippen molar-refractivity contribution < 1.29 is 17.9 Å². The molecule has 0 atom stereocenters. The summed E-state index contributed by atoms with van der Waals surface area (Å²) in [5.74, 6) is 0. The first kappa shape index (κ1) is 14.4. The fraction of sp³-hybridized carbons (Fsp3) is 0.700. The second kappa shape index (κ2) is 6.93. The van der Waals surface area contributed by atoms with Crippen LogP contribution in [0.3, 0.4) is 0 Å². The molecule has 0 unspecified atom stereocenters. The van der Waals surface area contributed by atoms with Gasteiger partial charge in [0.15, 0.2) is 0 Å². The quantitative estimate of drug-likeness (QED) is 0.768. The Morgan fingerprint density at radius 1 is 1.41 bits per heavy atom. The molecule has 0 saturated carbocycles. The second-order valence-electron chi connectivity index (χ2n) is 3.50. The summed E-state index contributed by atoms with van der Waals surface area (Å²) < 4.78 is 39.9. The summed E-state index contributed by atoms with van der Waals surface area (Å²) in [5.41, 5.74) is 0.968. The summed E-state index contributed by atoms with van der Waals surface area (Å²) in [7, 11) is 1.86. The minimum atomic E-state index is -4.25. The minimum Gasteiger partial charge on any atom is -0.372 e. The Labute approximate surface area is 102 Å². The Bertz CT molecular complexity index is 328. The zero-order chi connectivity index (χ0) is 12.7. The molecule has 0 bridgehead atoms. The van der Waals surface area contributed by atoms with Gasteiger partial charge in [-0.25, -0.2) is 4.98 Å². The predicted molar refractivity (Wildman–Crippen MR) is 60.3 cm³/mol. The summed E-state index contributed by atoms with van der Waals surface area (Å²) in [6, 6.07) is 0. The van der Waals surface area contributed by atoms with Crippen molar-refractivity contribution in [3.8, 4) is 0 Å². The average molecular weight is 268 g/mol. The number of thiazole rings is 1. The molecule has 0 aliphatic carbocycles. The Hall–Kier alpha value is -0.660. The molecule has 1 N–H and O–H groups in total. The second-order valence-corrected chi connectivity index (χ2v) is 4.45. The lowest BCUT2D eigenvalue weighted by atomic mass is 10.3. The van der Waals surface area contributed by atoms with Crippen molar-refractivity contribution in [2.75, 3.05) is 26.8 Å². The average Bonchev–Trinajstić information content (AvgIpc) is 2.68. The van der Waals surface area contributed by atoms with E-state index in [1.165, 1.54) is 11.3 Å². The number of nitrogens with one attached hydrogen (secondary N) is 1. The molecule has 0 fully saturated rings. The highest BCUT2D eigenvalue weighted by atomic mass is 32.1. The number of ether oxygens (including phenoxy) is 1. The van der Waals surface area contributed by atoms with Crippen LogP contribution in [0.15, 0.2) is 5.38 Å². The number of rotatable bonds is 7. The highest BCUT2D eigenvalue weighted by Gasteiger charge is 2.27. The number of aromatic nitrogens is 1. The number of nitrogens with zero attached hydrogens (tertiary/aromatic N) is 1. The van der Waals surface area contributed by atoms with Crippen molar-refractivity contribution in [3.63, 3.8) is 0 Å². The third-order valence-corrected chi connectivity index (χ3v) is 2.91. The molecule has 0 amide bonds. The van der Waals surface area contributed by atoms with E-state index in [-0.39, 0.29) is 6.61 Å². The van der Waals surface area contributed by atoms with E-state index in [1.807, 2.05) is 12.4 Å². The Morgan fingerprint density at radius 3 is 2.82 bits per heavy atom. The van der Waals surface area contributed by atoms with Crippen LogP contribution >= 0.6 is 11.3 Å². The van der Waals surface area contributed by atoms with Gasteiger partial charge in [-0.1, -0.05) is 0 Å². The third kappa shape index (κ3) is 6.60. The van der Waals surface area contributed by atoms with Gasteiger partial charge in [-0.3, -0.25) is 0 Å². The SMILES string of the molecule is CNCCc1csc(CCOCC(F)(F)F)n1. The topological polar surface area (TPSA) is 34.1 Å². The van der Waals surface area contributed by atoms with Crippen LogP contribution in [0.5, 0.6) is 0 Å². The van der Waals surface area contributed by atoms with Gasteiger partial charge in [0.05, 0.1) is 17.3 Å². The van der Waals surface area contributed by atoms with Crippen LogP contribution < -0.4 is 5.32 Å². The maximum atomic E-state index is 11.8. The zero-order valence-corrected chi connectivity index (χ0v) is 10.3. The summed E-state index contributed by atoms with van der Waals surface area (Å²) in [5, 5.41) is 5.75. The van der Waals surface area contributed by atoms with Gasteiger partial charge in [0.2, 0.25) is 0 Å². The number of hydrogen-bond donors (Lipinski definition) is 1. The van der Waals surface area contributed by atoms with Crippen molar-refractivity contribution in [2.45, 2.75) is 19.0 Å². The molecule has 98 valence electrons. The van der Waals surface area contributed by atoms with Crippen LogP contribution in [0.4, 0.5) is 13.2 Å². The number of alkyl halides is 3. The van der Waals surface area contributed by atoms with Gasteiger partial charge in [0.25, 0.3) is 0 Å². The highest BCUT2D eigenvalue weighted by Crippen LogP contribution is 2.15. The lowest BCUT2D eigenvalue weighted by molar-refractivity contribution is -0.173. The molecule has 1 rings (SSSR count). The molecular weight excluding hydrogens is 253 g/mol. The third-order valence-electron chi connectivity index (χ3n) is 1.96. The molecule has 0 radical (unpaired) electrons. The van der Waals surface area contributed by atoms with Crippen molar-refractivity contribution >= 4 is 11.3 Å². The standard InChI is InChI=1S/C10H15F3N2OS/c1-14-4-2-8-6-17-9(15-8)3-5-16-7-10(11,12)13/h6,14H,2-5,7H2,1H3. The van der Waals surface area contributed by atoms with Gasteiger partial charge < -0.3 is 10.1 Å². The summed E-state index contributed by atoms with van der Waals surface area (Å²) in [6.45, 7) is -0.294. The first-order valence-corrected chi connectivity index (χ1v) is 6.11. The molecular formula is C10H15F3N2OS. The van der Waals surface area contributed by atoms with Crippen LogP contribution in [-0.4, -0.2) is 38.0 Å². The molecule has 0 aliphatic rings. The molecule has 0 aromatic carbocycles. The van der Waals surface area contributed by atoms with Gasteiger partial charge in [-0.2, -0.15) is 13.2 Å². The van der Waals surface area contributed by atoms with Crippen molar-refractivity contribution in [3.05, 3.63) is 16.1 Å². The largest absolute Gasteiger partial charge is 0.411 e.